The molecule has 1 aromatic rings. The number of aryl methyl sites for hydroxylation is 1. The van der Waals surface area contributed by atoms with Crippen LogP contribution in [0.4, 0.5) is 5.69 Å². The van der Waals surface area contributed by atoms with E-state index in [2.05, 4.69) is 5.32 Å². The number of carbonyl (C=O) groups is 2. The number of nitrogens with zero attached hydrogens (tertiary/aromatic N) is 1. The third-order valence-electron chi connectivity index (χ3n) is 4.60. The van der Waals surface area contributed by atoms with Gasteiger partial charge < -0.3 is 15.0 Å². The highest BCUT2D eigenvalue weighted by Crippen LogP contribution is 2.25. The Hall–Kier alpha value is -1.69. The van der Waals surface area contributed by atoms with Crippen molar-refractivity contribution in [2.24, 2.45) is 0 Å². The van der Waals surface area contributed by atoms with Gasteiger partial charge in [-0.1, -0.05) is 25.3 Å². The van der Waals surface area contributed by atoms with Gasteiger partial charge >= 0.3 is 0 Å². The molecule has 0 radical (unpaired) electrons. The molecule has 0 bridgehead atoms. The molecule has 2 rings (SSSR count). The van der Waals surface area contributed by atoms with Crippen molar-refractivity contribution in [2.75, 3.05) is 31.0 Å². The molecule has 1 N–H and O–H groups in total. The van der Waals surface area contributed by atoms with Crippen molar-refractivity contribution in [3.63, 3.8) is 0 Å². The fourth-order valence-electron chi connectivity index (χ4n) is 3.11. The van der Waals surface area contributed by atoms with Crippen molar-refractivity contribution in [2.45, 2.75) is 45.1 Å². The third kappa shape index (κ3) is 5.96. The van der Waals surface area contributed by atoms with Crippen LogP contribution < -0.4 is 10.1 Å². The van der Waals surface area contributed by atoms with Crippen molar-refractivity contribution < 1.29 is 14.3 Å². The Kier molecular flexibility index (Phi) is 7.62. The van der Waals surface area contributed by atoms with Crippen molar-refractivity contribution in [1.82, 2.24) is 4.90 Å². The smallest absolute Gasteiger partial charge is 0.234 e. The molecule has 5 nitrogen and oxygen atoms in total. The van der Waals surface area contributed by atoms with Gasteiger partial charge in [-0.25, -0.2) is 0 Å². The maximum Gasteiger partial charge on any atom is 0.234 e. The van der Waals surface area contributed by atoms with E-state index < -0.39 is 0 Å². The zero-order chi connectivity index (χ0) is 18.2. The molecule has 0 saturated heterocycles. The quantitative estimate of drug-likeness (QED) is 0.805. The first-order valence-corrected chi connectivity index (χ1v) is 9.94. The standard InChI is InChI=1S/C19H28N2O3S/c1-14-9-10-17(24-3)16(11-14)20-18(22)12-25-13-19(23)21(2)15-7-5-4-6-8-15/h9-11,15H,4-8,12-13H2,1-3H3,(H,20,22). The van der Waals surface area contributed by atoms with E-state index in [1.807, 2.05) is 37.1 Å². The maximum absolute atomic E-state index is 12.3. The van der Waals surface area contributed by atoms with Gasteiger partial charge in [0.25, 0.3) is 0 Å². The van der Waals surface area contributed by atoms with Crippen LogP contribution in [0, 0.1) is 6.92 Å². The average Bonchev–Trinajstić information content (AvgIpc) is 2.62. The van der Waals surface area contributed by atoms with Gasteiger partial charge in [-0.3, -0.25) is 9.59 Å². The van der Waals surface area contributed by atoms with Gasteiger partial charge in [0.15, 0.2) is 0 Å². The summed E-state index contributed by atoms with van der Waals surface area (Å²) in [6.45, 7) is 1.96. The lowest BCUT2D eigenvalue weighted by molar-refractivity contribution is -0.129. The van der Waals surface area contributed by atoms with E-state index >= 15 is 0 Å². The van der Waals surface area contributed by atoms with E-state index in [0.29, 0.717) is 23.2 Å². The van der Waals surface area contributed by atoms with Gasteiger partial charge in [0.05, 0.1) is 24.3 Å². The molecule has 1 aliphatic carbocycles. The van der Waals surface area contributed by atoms with Gasteiger partial charge in [-0.2, -0.15) is 0 Å². The summed E-state index contributed by atoms with van der Waals surface area (Å²) in [6, 6.07) is 6.01. The Morgan fingerprint density at radius 1 is 1.24 bits per heavy atom. The summed E-state index contributed by atoms with van der Waals surface area (Å²) in [7, 11) is 3.46. The van der Waals surface area contributed by atoms with E-state index in [0.717, 1.165) is 18.4 Å². The molecule has 0 atom stereocenters. The van der Waals surface area contributed by atoms with Crippen LogP contribution in [0.25, 0.3) is 0 Å². The first-order valence-electron chi connectivity index (χ1n) is 8.79. The van der Waals surface area contributed by atoms with Crippen LogP contribution in [0.5, 0.6) is 5.75 Å². The van der Waals surface area contributed by atoms with E-state index in [1.54, 1.807) is 7.11 Å². The van der Waals surface area contributed by atoms with E-state index in [-0.39, 0.29) is 17.6 Å². The molecule has 0 aromatic heterocycles. The molecule has 6 heteroatoms. The second-order valence-electron chi connectivity index (χ2n) is 6.54. The second kappa shape index (κ2) is 9.70. The molecular formula is C19H28N2O3S. The minimum atomic E-state index is -0.123. The van der Waals surface area contributed by atoms with E-state index in [1.165, 1.54) is 31.0 Å². The number of benzene rings is 1. The van der Waals surface area contributed by atoms with Crippen LogP contribution in [0.2, 0.25) is 0 Å². The fourth-order valence-corrected chi connectivity index (χ4v) is 3.85. The lowest BCUT2D eigenvalue weighted by Crippen LogP contribution is -2.39. The number of thioether (sulfide) groups is 1. The number of ether oxygens (including phenoxy) is 1. The van der Waals surface area contributed by atoms with Crippen LogP contribution in [-0.4, -0.2) is 48.4 Å². The number of hydrogen-bond donors (Lipinski definition) is 1. The zero-order valence-corrected chi connectivity index (χ0v) is 16.2. The summed E-state index contributed by atoms with van der Waals surface area (Å²) in [6.07, 6.45) is 5.88. The highest BCUT2D eigenvalue weighted by molar-refractivity contribution is 8.00. The molecule has 1 aliphatic rings. The molecule has 0 heterocycles. The van der Waals surface area contributed by atoms with Gasteiger partial charge in [-0.05, 0) is 37.5 Å². The molecule has 0 unspecified atom stereocenters. The second-order valence-corrected chi connectivity index (χ2v) is 7.53. The number of nitrogens with one attached hydrogen (secondary N) is 1. The van der Waals surface area contributed by atoms with Gasteiger partial charge in [0.1, 0.15) is 5.75 Å². The van der Waals surface area contributed by atoms with E-state index in [4.69, 9.17) is 4.74 Å². The SMILES string of the molecule is COc1ccc(C)cc1NC(=O)CSCC(=O)N(C)C1CCCCC1. The number of carbonyl (C=O) groups excluding carboxylic acids is 2. The normalized spacial score (nSPS) is 14.8. The Morgan fingerprint density at radius 3 is 2.64 bits per heavy atom. The predicted octanol–water partition coefficient (Wildman–Crippen LogP) is 3.47. The molecule has 0 aliphatic heterocycles. The molecule has 1 aromatic carbocycles. The summed E-state index contributed by atoms with van der Waals surface area (Å²) >= 11 is 1.35. The van der Waals surface area contributed by atoms with E-state index in [9.17, 15) is 9.59 Å². The summed E-state index contributed by atoms with van der Waals surface area (Å²) in [5.41, 5.74) is 1.71. The largest absolute Gasteiger partial charge is 0.495 e. The van der Waals surface area contributed by atoms with Crippen LogP contribution >= 0.6 is 11.8 Å². The monoisotopic (exact) mass is 364 g/mol. The first-order chi connectivity index (χ1) is 12.0. The van der Waals surface area contributed by atoms with Crippen LogP contribution in [0.1, 0.15) is 37.7 Å². The van der Waals surface area contributed by atoms with Crippen LogP contribution in [0.3, 0.4) is 0 Å². The molecule has 25 heavy (non-hydrogen) atoms. The minimum Gasteiger partial charge on any atom is -0.495 e. The minimum absolute atomic E-state index is 0.109. The maximum atomic E-state index is 12.3. The number of amides is 2. The highest BCUT2D eigenvalue weighted by Gasteiger charge is 2.22. The molecule has 2 amide bonds. The topological polar surface area (TPSA) is 58.6 Å². The Morgan fingerprint density at radius 2 is 1.96 bits per heavy atom. The summed E-state index contributed by atoms with van der Waals surface area (Å²) < 4.78 is 5.26. The van der Waals surface area contributed by atoms with Crippen molar-refractivity contribution >= 4 is 29.3 Å². The predicted molar refractivity (Wildman–Crippen MR) is 103 cm³/mol. The van der Waals surface area contributed by atoms with Crippen molar-refractivity contribution in [3.05, 3.63) is 23.8 Å². The Labute approximate surface area is 154 Å². The van der Waals surface area contributed by atoms with Gasteiger partial charge in [0.2, 0.25) is 11.8 Å². The van der Waals surface area contributed by atoms with Crippen LogP contribution in [0.15, 0.2) is 18.2 Å². The Bertz CT molecular complexity index is 600. The van der Waals surface area contributed by atoms with Crippen LogP contribution in [-0.2, 0) is 9.59 Å². The average molecular weight is 365 g/mol. The fraction of sp³-hybridized carbons (Fsp3) is 0.579. The first kappa shape index (κ1) is 19.6. The van der Waals surface area contributed by atoms with Gasteiger partial charge in [-0.15, -0.1) is 11.8 Å². The highest BCUT2D eigenvalue weighted by atomic mass is 32.2. The summed E-state index contributed by atoms with van der Waals surface area (Å²) in [5, 5.41) is 2.86. The van der Waals surface area contributed by atoms with Crippen molar-refractivity contribution in [3.8, 4) is 5.75 Å². The Balaban J connectivity index is 1.76. The molecule has 1 saturated carbocycles. The third-order valence-corrected chi connectivity index (χ3v) is 5.52. The lowest BCUT2D eigenvalue weighted by Gasteiger charge is -2.31. The molecule has 0 spiro atoms. The van der Waals surface area contributed by atoms with Crippen molar-refractivity contribution in [1.29, 1.82) is 0 Å². The molecular weight excluding hydrogens is 336 g/mol. The van der Waals surface area contributed by atoms with Gasteiger partial charge in [0, 0.05) is 13.1 Å². The number of methoxy groups -OCH3 is 1. The number of anilines is 1. The number of hydrogen-bond acceptors (Lipinski definition) is 4. The zero-order valence-electron chi connectivity index (χ0n) is 15.3. The molecule has 1 fully saturated rings. The molecule has 138 valence electrons. The lowest BCUT2D eigenvalue weighted by atomic mass is 9.94. The summed E-state index contributed by atoms with van der Waals surface area (Å²) in [4.78, 5) is 26.3. The summed E-state index contributed by atoms with van der Waals surface area (Å²) in [5.74, 6) is 1.21. The number of rotatable bonds is 7.